The number of halogens is 4. The molecule has 0 heterocycles. The molecule has 0 aromatic heterocycles. The predicted octanol–water partition coefficient (Wildman–Crippen LogP) is 3.96. The van der Waals surface area contributed by atoms with E-state index in [2.05, 4.69) is 15.9 Å². The summed E-state index contributed by atoms with van der Waals surface area (Å²) in [5, 5.41) is 10.0. The number of hydrogen-bond donors (Lipinski definition) is 1. The van der Waals surface area contributed by atoms with E-state index in [4.69, 9.17) is 4.74 Å². The predicted molar refractivity (Wildman–Crippen MR) is 71.1 cm³/mol. The second-order valence-corrected chi connectivity index (χ2v) is 4.90. The summed E-state index contributed by atoms with van der Waals surface area (Å²) in [6.45, 7) is 0. The Bertz CT molecular complexity index is 623. The fraction of sp³-hybridized carbons (Fsp3) is 0.143. The first-order valence-electron chi connectivity index (χ1n) is 5.60. The van der Waals surface area contributed by atoms with Crippen molar-refractivity contribution in [2.24, 2.45) is 0 Å². The van der Waals surface area contributed by atoms with Crippen LogP contribution >= 0.6 is 15.9 Å². The molecule has 106 valence electrons. The van der Waals surface area contributed by atoms with Gasteiger partial charge in [0.2, 0.25) is 0 Å². The molecule has 0 aliphatic rings. The number of methoxy groups -OCH3 is 1. The molecule has 2 rings (SSSR count). The van der Waals surface area contributed by atoms with Crippen LogP contribution in [0.2, 0.25) is 0 Å². The minimum atomic E-state index is -1.75. The monoisotopic (exact) mass is 346 g/mol. The van der Waals surface area contributed by atoms with Crippen LogP contribution in [0.4, 0.5) is 13.2 Å². The zero-order chi connectivity index (χ0) is 14.9. The Morgan fingerprint density at radius 1 is 1.15 bits per heavy atom. The van der Waals surface area contributed by atoms with Crippen LogP contribution in [0.5, 0.6) is 5.75 Å². The summed E-state index contributed by atoms with van der Waals surface area (Å²) in [5.41, 5.74) is -0.842. The molecule has 0 amide bonds. The lowest BCUT2D eigenvalue weighted by Gasteiger charge is -2.15. The average Bonchev–Trinajstić information content (AvgIpc) is 2.40. The summed E-state index contributed by atoms with van der Waals surface area (Å²) in [7, 11) is 1.26. The van der Waals surface area contributed by atoms with Gasteiger partial charge in [-0.15, -0.1) is 0 Å². The van der Waals surface area contributed by atoms with E-state index in [9.17, 15) is 18.3 Å². The summed E-state index contributed by atoms with van der Waals surface area (Å²) in [6, 6.07) is 6.00. The quantitative estimate of drug-likeness (QED) is 0.911. The number of ether oxygens (including phenoxy) is 1. The highest BCUT2D eigenvalue weighted by molar-refractivity contribution is 9.10. The first-order valence-corrected chi connectivity index (χ1v) is 6.40. The Labute approximate surface area is 121 Å². The van der Waals surface area contributed by atoms with Gasteiger partial charge in [0.05, 0.1) is 17.1 Å². The van der Waals surface area contributed by atoms with Gasteiger partial charge in [0.1, 0.15) is 29.3 Å². The summed E-state index contributed by atoms with van der Waals surface area (Å²) in [6.07, 6.45) is -1.75. The minimum Gasteiger partial charge on any atom is -0.497 e. The molecule has 1 unspecified atom stereocenters. The van der Waals surface area contributed by atoms with Crippen LogP contribution in [-0.4, -0.2) is 12.2 Å². The van der Waals surface area contributed by atoms with Crippen molar-refractivity contribution >= 4 is 15.9 Å². The smallest absolute Gasteiger partial charge is 0.143 e. The van der Waals surface area contributed by atoms with E-state index < -0.39 is 29.1 Å². The van der Waals surface area contributed by atoms with E-state index >= 15 is 0 Å². The number of benzene rings is 2. The number of aliphatic hydroxyl groups excluding tert-OH is 1. The molecule has 0 bridgehead atoms. The first kappa shape index (κ1) is 14.9. The fourth-order valence-corrected chi connectivity index (χ4v) is 2.21. The second kappa shape index (κ2) is 5.85. The lowest BCUT2D eigenvalue weighted by Crippen LogP contribution is -2.08. The van der Waals surface area contributed by atoms with Gasteiger partial charge in [0.15, 0.2) is 0 Å². The Morgan fingerprint density at radius 2 is 1.75 bits per heavy atom. The van der Waals surface area contributed by atoms with E-state index in [0.717, 1.165) is 12.1 Å². The SMILES string of the molecule is COc1cc(F)c(C(O)c2cccc(Br)c2F)c(F)c1. The third-order valence-corrected chi connectivity index (χ3v) is 3.45. The Hall–Kier alpha value is -1.53. The van der Waals surface area contributed by atoms with Gasteiger partial charge in [-0.1, -0.05) is 12.1 Å². The first-order chi connectivity index (χ1) is 9.45. The Kier molecular flexibility index (Phi) is 4.35. The second-order valence-electron chi connectivity index (χ2n) is 4.05. The molecule has 0 aliphatic carbocycles. The van der Waals surface area contributed by atoms with E-state index in [-0.39, 0.29) is 15.8 Å². The lowest BCUT2D eigenvalue weighted by atomic mass is 10.00. The van der Waals surface area contributed by atoms with Gasteiger partial charge < -0.3 is 9.84 Å². The average molecular weight is 347 g/mol. The fourth-order valence-electron chi connectivity index (χ4n) is 1.83. The van der Waals surface area contributed by atoms with Crippen molar-refractivity contribution < 1.29 is 23.0 Å². The van der Waals surface area contributed by atoms with Crippen LogP contribution < -0.4 is 4.74 Å². The molecule has 0 saturated heterocycles. The summed E-state index contributed by atoms with van der Waals surface area (Å²) in [4.78, 5) is 0. The lowest BCUT2D eigenvalue weighted by molar-refractivity contribution is 0.203. The van der Waals surface area contributed by atoms with Gasteiger partial charge in [0.25, 0.3) is 0 Å². The van der Waals surface area contributed by atoms with Crippen molar-refractivity contribution in [3.8, 4) is 5.75 Å². The summed E-state index contributed by atoms with van der Waals surface area (Å²) >= 11 is 2.95. The third kappa shape index (κ3) is 2.66. The van der Waals surface area contributed by atoms with Gasteiger partial charge >= 0.3 is 0 Å². The molecule has 2 nitrogen and oxygen atoms in total. The maximum Gasteiger partial charge on any atom is 0.143 e. The van der Waals surface area contributed by atoms with Crippen molar-refractivity contribution in [2.45, 2.75) is 6.10 Å². The topological polar surface area (TPSA) is 29.5 Å². The van der Waals surface area contributed by atoms with Gasteiger partial charge in [0, 0.05) is 17.7 Å². The molecule has 1 N–H and O–H groups in total. The van der Waals surface area contributed by atoms with E-state index in [1.54, 1.807) is 0 Å². The van der Waals surface area contributed by atoms with Crippen LogP contribution in [-0.2, 0) is 0 Å². The van der Waals surface area contributed by atoms with Gasteiger partial charge in [-0.05, 0) is 22.0 Å². The van der Waals surface area contributed by atoms with Crippen molar-refractivity contribution in [3.63, 3.8) is 0 Å². The molecule has 0 aliphatic heterocycles. The minimum absolute atomic E-state index is 0.0225. The maximum absolute atomic E-state index is 13.9. The van der Waals surface area contributed by atoms with E-state index in [1.807, 2.05) is 0 Å². The van der Waals surface area contributed by atoms with E-state index in [0.29, 0.717) is 0 Å². The highest BCUT2D eigenvalue weighted by atomic mass is 79.9. The van der Waals surface area contributed by atoms with Crippen molar-refractivity contribution in [3.05, 3.63) is 63.4 Å². The van der Waals surface area contributed by atoms with Crippen molar-refractivity contribution in [1.82, 2.24) is 0 Å². The summed E-state index contributed by atoms with van der Waals surface area (Å²) in [5.74, 6) is -2.80. The highest BCUT2D eigenvalue weighted by Crippen LogP contribution is 2.32. The third-order valence-electron chi connectivity index (χ3n) is 2.84. The molecule has 0 saturated carbocycles. The van der Waals surface area contributed by atoms with Crippen LogP contribution in [0, 0.1) is 17.5 Å². The molecule has 6 heteroatoms. The Balaban J connectivity index is 2.54. The molecule has 0 spiro atoms. The van der Waals surface area contributed by atoms with Crippen molar-refractivity contribution in [2.75, 3.05) is 7.11 Å². The standard InChI is InChI=1S/C14H10BrF3O2/c1-20-7-5-10(16)12(11(17)6-7)14(19)8-3-2-4-9(15)13(8)18/h2-6,14,19H,1H3. The van der Waals surface area contributed by atoms with Crippen LogP contribution in [0.1, 0.15) is 17.2 Å². The molecule has 0 radical (unpaired) electrons. The molecule has 20 heavy (non-hydrogen) atoms. The molecule has 0 fully saturated rings. The molecular formula is C14H10BrF3O2. The largest absolute Gasteiger partial charge is 0.497 e. The summed E-state index contributed by atoms with van der Waals surface area (Å²) < 4.78 is 46.4. The number of aliphatic hydroxyl groups is 1. The highest BCUT2D eigenvalue weighted by Gasteiger charge is 2.24. The molecular weight excluding hydrogens is 337 g/mol. The number of hydrogen-bond acceptors (Lipinski definition) is 2. The van der Waals surface area contributed by atoms with Gasteiger partial charge in [-0.25, -0.2) is 13.2 Å². The van der Waals surface area contributed by atoms with Crippen molar-refractivity contribution in [1.29, 1.82) is 0 Å². The molecule has 2 aromatic rings. The normalized spacial score (nSPS) is 12.3. The molecule has 2 aromatic carbocycles. The molecule has 1 atom stereocenters. The number of rotatable bonds is 3. The van der Waals surface area contributed by atoms with Gasteiger partial charge in [-0.2, -0.15) is 0 Å². The van der Waals surface area contributed by atoms with Crippen LogP contribution in [0.15, 0.2) is 34.8 Å². The maximum atomic E-state index is 13.9. The van der Waals surface area contributed by atoms with Crippen LogP contribution in [0.25, 0.3) is 0 Å². The Morgan fingerprint density at radius 3 is 2.30 bits per heavy atom. The van der Waals surface area contributed by atoms with Crippen LogP contribution in [0.3, 0.4) is 0 Å². The van der Waals surface area contributed by atoms with E-state index in [1.165, 1.54) is 25.3 Å². The zero-order valence-electron chi connectivity index (χ0n) is 10.3. The zero-order valence-corrected chi connectivity index (χ0v) is 11.9. The van der Waals surface area contributed by atoms with Gasteiger partial charge in [-0.3, -0.25) is 0 Å².